The van der Waals surface area contributed by atoms with Gasteiger partial charge in [-0.15, -0.1) is 0 Å². The minimum Gasteiger partial charge on any atom is -0.502 e. The van der Waals surface area contributed by atoms with Gasteiger partial charge in [0, 0.05) is 11.6 Å². The summed E-state index contributed by atoms with van der Waals surface area (Å²) in [5.74, 6) is -2.34. The molecule has 4 nitrogen and oxygen atoms in total. The Labute approximate surface area is 107 Å². The zero-order chi connectivity index (χ0) is 13.0. The Bertz CT molecular complexity index is 494. The first-order valence-electron chi connectivity index (χ1n) is 4.44. The summed E-state index contributed by atoms with van der Waals surface area (Å²) >= 11 is 11.4. The molecule has 0 aliphatic rings. The van der Waals surface area contributed by atoms with Gasteiger partial charge in [-0.1, -0.05) is 23.2 Å². The predicted octanol–water partition coefficient (Wildman–Crippen LogP) is 2.79. The lowest BCUT2D eigenvalue weighted by Crippen LogP contribution is -2.06. The minimum atomic E-state index is -0.988. The molecule has 90 valence electrons. The Morgan fingerprint density at radius 1 is 1.29 bits per heavy atom. The van der Waals surface area contributed by atoms with Crippen molar-refractivity contribution in [1.82, 2.24) is 0 Å². The maximum Gasteiger partial charge on any atom is 0.373 e. The van der Waals surface area contributed by atoms with Crippen LogP contribution in [-0.4, -0.2) is 24.0 Å². The van der Waals surface area contributed by atoms with E-state index in [9.17, 15) is 14.7 Å². The highest BCUT2D eigenvalue weighted by atomic mass is 35.5. The van der Waals surface area contributed by atoms with Crippen LogP contribution in [0.1, 0.15) is 10.4 Å². The van der Waals surface area contributed by atoms with E-state index in [-0.39, 0.29) is 10.6 Å². The highest BCUT2D eigenvalue weighted by Gasteiger charge is 2.12. The number of rotatable bonds is 3. The molecule has 0 amide bonds. The van der Waals surface area contributed by atoms with E-state index in [1.807, 2.05) is 0 Å². The van der Waals surface area contributed by atoms with Gasteiger partial charge < -0.3 is 9.84 Å². The molecule has 0 spiro atoms. The molecule has 0 fully saturated rings. The number of ether oxygens (including phenoxy) is 1. The van der Waals surface area contributed by atoms with E-state index in [4.69, 9.17) is 23.2 Å². The summed E-state index contributed by atoms with van der Waals surface area (Å²) in [7, 11) is 1.09. The monoisotopic (exact) mass is 274 g/mol. The number of methoxy groups -OCH3 is 1. The van der Waals surface area contributed by atoms with Crippen molar-refractivity contribution in [3.05, 3.63) is 45.6 Å². The van der Waals surface area contributed by atoms with Gasteiger partial charge in [-0.05, 0) is 18.2 Å². The molecule has 17 heavy (non-hydrogen) atoms. The second-order valence-corrected chi connectivity index (χ2v) is 3.83. The first kappa shape index (κ1) is 13.5. The van der Waals surface area contributed by atoms with E-state index >= 15 is 0 Å². The molecule has 0 radical (unpaired) electrons. The van der Waals surface area contributed by atoms with Crippen molar-refractivity contribution in [2.45, 2.75) is 0 Å². The van der Waals surface area contributed by atoms with Crippen LogP contribution in [0.25, 0.3) is 0 Å². The highest BCUT2D eigenvalue weighted by molar-refractivity contribution is 6.42. The van der Waals surface area contributed by atoms with Crippen molar-refractivity contribution in [3.8, 4) is 0 Å². The fourth-order valence-corrected chi connectivity index (χ4v) is 1.32. The summed E-state index contributed by atoms with van der Waals surface area (Å²) in [6.45, 7) is 0. The van der Waals surface area contributed by atoms with E-state index in [1.165, 1.54) is 18.2 Å². The molecular weight excluding hydrogens is 267 g/mol. The number of carbonyl (C=O) groups excluding carboxylic acids is 2. The Balaban J connectivity index is 2.98. The van der Waals surface area contributed by atoms with Crippen molar-refractivity contribution in [2.24, 2.45) is 0 Å². The van der Waals surface area contributed by atoms with Crippen LogP contribution in [0.4, 0.5) is 0 Å². The number of esters is 1. The standard InChI is InChI=1S/C11H8Cl2O4/c1-17-11(16)10(15)5-9(14)6-2-3-7(12)8(13)4-6/h2-5,15H,1H3. The molecule has 1 aromatic carbocycles. The number of aliphatic hydroxyl groups excluding tert-OH is 1. The maximum absolute atomic E-state index is 11.6. The van der Waals surface area contributed by atoms with Crippen molar-refractivity contribution in [2.75, 3.05) is 7.11 Å². The molecule has 6 heteroatoms. The summed E-state index contributed by atoms with van der Waals surface area (Å²) in [5, 5.41) is 9.70. The van der Waals surface area contributed by atoms with Crippen LogP contribution in [0.5, 0.6) is 0 Å². The van der Waals surface area contributed by atoms with E-state index in [2.05, 4.69) is 4.74 Å². The molecule has 0 unspecified atom stereocenters. The third-order valence-electron chi connectivity index (χ3n) is 1.87. The van der Waals surface area contributed by atoms with Crippen LogP contribution in [0.15, 0.2) is 30.0 Å². The molecule has 1 rings (SSSR count). The summed E-state index contributed by atoms with van der Waals surface area (Å²) < 4.78 is 4.23. The van der Waals surface area contributed by atoms with Crippen molar-refractivity contribution in [3.63, 3.8) is 0 Å². The zero-order valence-corrected chi connectivity index (χ0v) is 10.2. The van der Waals surface area contributed by atoms with Crippen LogP contribution in [0, 0.1) is 0 Å². The third kappa shape index (κ3) is 3.47. The topological polar surface area (TPSA) is 63.6 Å². The Hall–Kier alpha value is -1.52. The van der Waals surface area contributed by atoms with Gasteiger partial charge in [-0.25, -0.2) is 4.79 Å². The summed E-state index contributed by atoms with van der Waals surface area (Å²) in [6, 6.07) is 4.21. The van der Waals surface area contributed by atoms with Crippen molar-refractivity contribution < 1.29 is 19.4 Å². The largest absolute Gasteiger partial charge is 0.502 e. The molecule has 0 aromatic heterocycles. The summed E-state index contributed by atoms with van der Waals surface area (Å²) in [4.78, 5) is 22.5. The molecule has 0 saturated heterocycles. The summed E-state index contributed by atoms with van der Waals surface area (Å²) in [6.07, 6.45) is 0.755. The number of carbonyl (C=O) groups is 2. The molecule has 0 saturated carbocycles. The average molecular weight is 275 g/mol. The second-order valence-electron chi connectivity index (χ2n) is 3.01. The number of hydrogen-bond acceptors (Lipinski definition) is 4. The number of ketones is 1. The number of benzene rings is 1. The predicted molar refractivity (Wildman–Crippen MR) is 63.5 cm³/mol. The minimum absolute atomic E-state index is 0.204. The molecule has 0 bridgehead atoms. The number of halogens is 2. The van der Waals surface area contributed by atoms with E-state index in [0.29, 0.717) is 5.02 Å². The molecule has 1 N–H and O–H groups in total. The fourth-order valence-electron chi connectivity index (χ4n) is 1.02. The van der Waals surface area contributed by atoms with Gasteiger partial charge in [-0.2, -0.15) is 0 Å². The first-order valence-corrected chi connectivity index (χ1v) is 5.19. The molecule has 0 aliphatic carbocycles. The van der Waals surface area contributed by atoms with E-state index in [0.717, 1.165) is 13.2 Å². The Kier molecular flexibility index (Phi) is 4.54. The number of aliphatic hydroxyl groups is 1. The molecule has 0 heterocycles. The lowest BCUT2D eigenvalue weighted by atomic mass is 10.1. The Morgan fingerprint density at radius 3 is 2.47 bits per heavy atom. The van der Waals surface area contributed by atoms with Crippen LogP contribution in [0.2, 0.25) is 10.0 Å². The number of hydrogen-bond donors (Lipinski definition) is 1. The normalized spacial score (nSPS) is 11.1. The van der Waals surface area contributed by atoms with Crippen LogP contribution >= 0.6 is 23.2 Å². The maximum atomic E-state index is 11.6. The average Bonchev–Trinajstić information content (AvgIpc) is 2.31. The molecule has 0 aliphatic heterocycles. The first-order chi connectivity index (χ1) is 7.95. The van der Waals surface area contributed by atoms with Gasteiger partial charge in [0.05, 0.1) is 17.2 Å². The molecule has 0 atom stereocenters. The quantitative estimate of drug-likeness (QED) is 0.398. The van der Waals surface area contributed by atoms with Gasteiger partial charge in [0.2, 0.25) is 5.76 Å². The third-order valence-corrected chi connectivity index (χ3v) is 2.61. The second kappa shape index (κ2) is 5.70. The van der Waals surface area contributed by atoms with E-state index < -0.39 is 17.5 Å². The van der Waals surface area contributed by atoms with Crippen molar-refractivity contribution >= 4 is 35.0 Å². The smallest absolute Gasteiger partial charge is 0.373 e. The SMILES string of the molecule is COC(=O)C(O)=CC(=O)c1ccc(Cl)c(Cl)c1. The molecular formula is C11H8Cl2O4. The lowest BCUT2D eigenvalue weighted by Gasteiger charge is -2.00. The van der Waals surface area contributed by atoms with Crippen LogP contribution in [-0.2, 0) is 9.53 Å². The van der Waals surface area contributed by atoms with E-state index in [1.54, 1.807) is 0 Å². The van der Waals surface area contributed by atoms with Crippen LogP contribution < -0.4 is 0 Å². The van der Waals surface area contributed by atoms with Crippen molar-refractivity contribution in [1.29, 1.82) is 0 Å². The van der Waals surface area contributed by atoms with Gasteiger partial charge >= 0.3 is 5.97 Å². The fraction of sp³-hybridized carbons (Fsp3) is 0.0909. The zero-order valence-electron chi connectivity index (χ0n) is 8.74. The van der Waals surface area contributed by atoms with Gasteiger partial charge in [0.25, 0.3) is 0 Å². The van der Waals surface area contributed by atoms with Gasteiger partial charge in [-0.3, -0.25) is 4.79 Å². The van der Waals surface area contributed by atoms with Gasteiger partial charge in [0.15, 0.2) is 5.78 Å². The Morgan fingerprint density at radius 2 is 1.94 bits per heavy atom. The molecule has 1 aromatic rings. The highest BCUT2D eigenvalue weighted by Crippen LogP contribution is 2.23. The summed E-state index contributed by atoms with van der Waals surface area (Å²) in [5.41, 5.74) is 0.204. The van der Waals surface area contributed by atoms with Gasteiger partial charge in [0.1, 0.15) is 0 Å². The lowest BCUT2D eigenvalue weighted by molar-refractivity contribution is -0.139. The van der Waals surface area contributed by atoms with Crippen LogP contribution in [0.3, 0.4) is 0 Å². The number of allylic oxidation sites excluding steroid dienone is 1.